The second-order valence-electron chi connectivity index (χ2n) is 4.43. The molecule has 1 aromatic heterocycles. The summed E-state index contributed by atoms with van der Waals surface area (Å²) >= 11 is 0. The monoisotopic (exact) mass is 289 g/mol. The summed E-state index contributed by atoms with van der Waals surface area (Å²) in [5, 5.41) is 7.16. The maximum Gasteiger partial charge on any atom is 0.301 e. The van der Waals surface area contributed by atoms with Crippen molar-refractivity contribution in [2.24, 2.45) is 7.05 Å². The normalized spacial score (nSPS) is 12.0. The molecule has 0 amide bonds. The van der Waals surface area contributed by atoms with Crippen molar-refractivity contribution in [2.75, 3.05) is 31.4 Å². The van der Waals surface area contributed by atoms with E-state index in [-0.39, 0.29) is 0 Å². The van der Waals surface area contributed by atoms with Crippen molar-refractivity contribution in [1.29, 1.82) is 0 Å². The fourth-order valence-electron chi connectivity index (χ4n) is 1.55. The van der Waals surface area contributed by atoms with Crippen LogP contribution in [0.4, 0.5) is 5.69 Å². The molecule has 1 rings (SSSR count). The van der Waals surface area contributed by atoms with E-state index in [1.54, 1.807) is 25.0 Å². The average Bonchev–Trinajstić information content (AvgIpc) is 2.73. The van der Waals surface area contributed by atoms with E-state index in [9.17, 15) is 8.42 Å². The van der Waals surface area contributed by atoms with Crippen molar-refractivity contribution >= 4 is 15.9 Å². The Hall–Kier alpha value is -1.12. The van der Waals surface area contributed by atoms with Crippen molar-refractivity contribution in [3.8, 4) is 0 Å². The zero-order valence-corrected chi connectivity index (χ0v) is 12.6. The van der Waals surface area contributed by atoms with Gasteiger partial charge in [0.15, 0.2) is 0 Å². The number of hydrogen-bond acceptors (Lipinski definition) is 4. The quantitative estimate of drug-likeness (QED) is 0.645. The molecular formula is C11H23N5O2S. The van der Waals surface area contributed by atoms with E-state index in [4.69, 9.17) is 0 Å². The van der Waals surface area contributed by atoms with Gasteiger partial charge in [0.05, 0.1) is 11.9 Å². The fraction of sp³-hybridized carbons (Fsp3) is 0.727. The highest BCUT2D eigenvalue weighted by Crippen LogP contribution is 2.08. The van der Waals surface area contributed by atoms with Gasteiger partial charge in [-0.25, -0.2) is 0 Å². The molecule has 0 radical (unpaired) electrons. The zero-order chi connectivity index (χ0) is 14.3. The van der Waals surface area contributed by atoms with Gasteiger partial charge in [-0.05, 0) is 25.9 Å². The average molecular weight is 289 g/mol. The largest absolute Gasteiger partial charge is 0.317 e. The van der Waals surface area contributed by atoms with Crippen LogP contribution in [-0.2, 0) is 17.3 Å². The minimum absolute atomic E-state index is 0.471. The van der Waals surface area contributed by atoms with E-state index in [0.29, 0.717) is 12.2 Å². The minimum atomic E-state index is -3.49. The molecule has 0 unspecified atom stereocenters. The van der Waals surface area contributed by atoms with Gasteiger partial charge in [0, 0.05) is 26.8 Å². The van der Waals surface area contributed by atoms with Gasteiger partial charge in [0.25, 0.3) is 0 Å². The third-order valence-corrected chi connectivity index (χ3v) is 4.11. The molecular weight excluding hydrogens is 266 g/mol. The van der Waals surface area contributed by atoms with Gasteiger partial charge in [-0.3, -0.25) is 9.40 Å². The second-order valence-corrected chi connectivity index (χ2v) is 6.21. The van der Waals surface area contributed by atoms with Crippen molar-refractivity contribution < 1.29 is 8.42 Å². The van der Waals surface area contributed by atoms with Gasteiger partial charge in [-0.15, -0.1) is 0 Å². The summed E-state index contributed by atoms with van der Waals surface area (Å²) in [7, 11) is -0.186. The Morgan fingerprint density at radius 2 is 2.16 bits per heavy atom. The van der Waals surface area contributed by atoms with Crippen LogP contribution in [0, 0.1) is 0 Å². The minimum Gasteiger partial charge on any atom is -0.317 e. The predicted octanol–water partition coefficient (Wildman–Crippen LogP) is 0.398. The van der Waals surface area contributed by atoms with Gasteiger partial charge in [0.2, 0.25) is 0 Å². The van der Waals surface area contributed by atoms with Crippen LogP contribution in [0.15, 0.2) is 12.4 Å². The van der Waals surface area contributed by atoms with Crippen molar-refractivity contribution in [2.45, 2.75) is 19.8 Å². The van der Waals surface area contributed by atoms with Gasteiger partial charge < -0.3 is 5.32 Å². The highest BCUT2D eigenvalue weighted by Gasteiger charge is 2.17. The van der Waals surface area contributed by atoms with E-state index in [0.717, 1.165) is 25.9 Å². The molecule has 19 heavy (non-hydrogen) atoms. The van der Waals surface area contributed by atoms with Gasteiger partial charge in [0.1, 0.15) is 0 Å². The molecule has 0 aliphatic carbocycles. The summed E-state index contributed by atoms with van der Waals surface area (Å²) in [6.45, 7) is 4.36. The maximum atomic E-state index is 12.0. The molecule has 7 nitrogen and oxygen atoms in total. The molecule has 0 aliphatic heterocycles. The molecule has 0 saturated heterocycles. The third-order valence-electron chi connectivity index (χ3n) is 2.62. The second kappa shape index (κ2) is 7.46. The summed E-state index contributed by atoms with van der Waals surface area (Å²) in [4.78, 5) is 0. The predicted molar refractivity (Wildman–Crippen MR) is 76.2 cm³/mol. The van der Waals surface area contributed by atoms with Crippen LogP contribution in [0.3, 0.4) is 0 Å². The summed E-state index contributed by atoms with van der Waals surface area (Å²) in [6.07, 6.45) is 4.96. The van der Waals surface area contributed by atoms with Gasteiger partial charge in [-0.1, -0.05) is 6.92 Å². The first-order valence-corrected chi connectivity index (χ1v) is 7.83. The molecule has 0 spiro atoms. The lowest BCUT2D eigenvalue weighted by Crippen LogP contribution is -2.34. The summed E-state index contributed by atoms with van der Waals surface area (Å²) in [5.74, 6) is 0. The lowest BCUT2D eigenvalue weighted by Gasteiger charge is -2.17. The van der Waals surface area contributed by atoms with Crippen LogP contribution in [0.25, 0.3) is 0 Å². The Kier molecular flexibility index (Phi) is 6.26. The molecule has 0 atom stereocenters. The number of nitrogens with one attached hydrogen (secondary N) is 2. The molecule has 0 bridgehead atoms. The lowest BCUT2D eigenvalue weighted by molar-refractivity contribution is 0.458. The first-order chi connectivity index (χ1) is 8.95. The molecule has 0 saturated carbocycles. The van der Waals surface area contributed by atoms with Crippen LogP contribution >= 0.6 is 0 Å². The Morgan fingerprint density at radius 1 is 1.42 bits per heavy atom. The lowest BCUT2D eigenvalue weighted by atomic mass is 10.4. The number of aromatic nitrogens is 2. The number of anilines is 1. The molecule has 8 heteroatoms. The number of hydrogen-bond donors (Lipinski definition) is 2. The van der Waals surface area contributed by atoms with Crippen LogP contribution in [0.5, 0.6) is 0 Å². The fourth-order valence-corrected chi connectivity index (χ4v) is 2.48. The molecule has 0 aromatic carbocycles. The van der Waals surface area contributed by atoms with Gasteiger partial charge in [-0.2, -0.15) is 17.8 Å². The maximum absolute atomic E-state index is 12.0. The van der Waals surface area contributed by atoms with E-state index in [2.05, 4.69) is 22.1 Å². The Morgan fingerprint density at radius 3 is 2.74 bits per heavy atom. The van der Waals surface area contributed by atoms with Crippen LogP contribution < -0.4 is 10.0 Å². The summed E-state index contributed by atoms with van der Waals surface area (Å²) < 4.78 is 29.3. The molecule has 2 N–H and O–H groups in total. The molecule has 0 aliphatic rings. The van der Waals surface area contributed by atoms with Crippen LogP contribution in [-0.4, -0.2) is 49.2 Å². The highest BCUT2D eigenvalue weighted by atomic mass is 32.2. The molecule has 110 valence electrons. The Balaban J connectivity index is 2.39. The molecule has 1 aromatic rings. The third kappa shape index (κ3) is 5.58. The Labute approximate surface area is 115 Å². The van der Waals surface area contributed by atoms with Crippen molar-refractivity contribution in [3.63, 3.8) is 0 Å². The smallest absolute Gasteiger partial charge is 0.301 e. The van der Waals surface area contributed by atoms with E-state index in [1.807, 2.05) is 0 Å². The van der Waals surface area contributed by atoms with Crippen LogP contribution in [0.2, 0.25) is 0 Å². The van der Waals surface area contributed by atoms with Crippen LogP contribution in [0.1, 0.15) is 19.8 Å². The van der Waals surface area contributed by atoms with E-state index >= 15 is 0 Å². The SMILES string of the molecule is CCCNCCCN(C)S(=O)(=O)Nc1cnn(C)c1. The number of nitrogens with zero attached hydrogens (tertiary/aromatic N) is 3. The topological polar surface area (TPSA) is 79.3 Å². The van der Waals surface area contributed by atoms with Gasteiger partial charge >= 0.3 is 10.2 Å². The molecule has 1 heterocycles. The first kappa shape index (κ1) is 15.9. The number of rotatable bonds is 9. The summed E-state index contributed by atoms with van der Waals surface area (Å²) in [5.41, 5.74) is 0.471. The van der Waals surface area contributed by atoms with E-state index < -0.39 is 10.2 Å². The summed E-state index contributed by atoms with van der Waals surface area (Å²) in [6, 6.07) is 0. The van der Waals surface area contributed by atoms with E-state index in [1.165, 1.54) is 10.5 Å². The van der Waals surface area contributed by atoms with Crippen molar-refractivity contribution in [1.82, 2.24) is 19.4 Å². The van der Waals surface area contributed by atoms with Crippen molar-refractivity contribution in [3.05, 3.63) is 12.4 Å². The Bertz CT molecular complexity index is 471. The number of aryl methyl sites for hydroxylation is 1. The first-order valence-electron chi connectivity index (χ1n) is 6.39. The standard InChI is InChI=1S/C11H23N5O2S/c1-4-6-12-7-5-8-16(3)19(17,18)14-11-9-13-15(2)10-11/h9-10,12,14H,4-8H2,1-3H3. The highest BCUT2D eigenvalue weighted by molar-refractivity contribution is 7.90. The zero-order valence-electron chi connectivity index (χ0n) is 11.8. The molecule has 0 fully saturated rings.